The molecule has 1 aliphatic rings. The average molecular weight is 353 g/mol. The molecule has 2 aromatic carbocycles. The molecular formula is C19H13F2N3O2. The first-order valence-corrected chi connectivity index (χ1v) is 7.90. The lowest BCUT2D eigenvalue weighted by Crippen LogP contribution is -2.08. The summed E-state index contributed by atoms with van der Waals surface area (Å²) >= 11 is 0. The van der Waals surface area contributed by atoms with E-state index in [4.69, 9.17) is 9.57 Å². The molecule has 26 heavy (non-hydrogen) atoms. The van der Waals surface area contributed by atoms with Gasteiger partial charge in [-0.15, -0.1) is 0 Å². The van der Waals surface area contributed by atoms with E-state index in [0.29, 0.717) is 28.3 Å². The molecule has 0 radical (unpaired) electrons. The summed E-state index contributed by atoms with van der Waals surface area (Å²) in [5.74, 6) is -0.0710. The predicted octanol–water partition coefficient (Wildman–Crippen LogP) is 4.28. The Bertz CT molecular complexity index is 964. The van der Waals surface area contributed by atoms with Crippen molar-refractivity contribution in [2.24, 2.45) is 5.16 Å². The van der Waals surface area contributed by atoms with Crippen LogP contribution < -0.4 is 4.74 Å². The van der Waals surface area contributed by atoms with Crippen molar-refractivity contribution in [3.05, 3.63) is 78.4 Å². The summed E-state index contributed by atoms with van der Waals surface area (Å²) in [6.07, 6.45) is 4.08. The fourth-order valence-corrected chi connectivity index (χ4v) is 2.69. The number of rotatable bonds is 3. The molecule has 0 saturated carbocycles. The Labute approximate surface area is 147 Å². The summed E-state index contributed by atoms with van der Waals surface area (Å²) in [6.45, 7) is 0. The van der Waals surface area contributed by atoms with Crippen LogP contribution in [0, 0.1) is 11.6 Å². The summed E-state index contributed by atoms with van der Waals surface area (Å²) in [4.78, 5) is 13.0. The normalized spacial score (nSPS) is 16.1. The Morgan fingerprint density at radius 1 is 1.00 bits per heavy atom. The Hall–Kier alpha value is -3.35. The van der Waals surface area contributed by atoms with Gasteiger partial charge in [0.25, 0.3) is 0 Å². The van der Waals surface area contributed by atoms with E-state index < -0.39 is 11.9 Å². The van der Waals surface area contributed by atoms with Crippen LogP contribution in [0.1, 0.15) is 18.1 Å². The van der Waals surface area contributed by atoms with Crippen LogP contribution in [-0.2, 0) is 4.84 Å². The first-order valence-electron chi connectivity index (χ1n) is 7.90. The lowest BCUT2D eigenvalue weighted by molar-refractivity contribution is 0.0828. The van der Waals surface area contributed by atoms with Gasteiger partial charge in [-0.25, -0.2) is 18.7 Å². The number of ether oxygens (including phenoxy) is 1. The smallest absolute Gasteiger partial charge is 0.235 e. The lowest BCUT2D eigenvalue weighted by Gasteiger charge is -2.11. The molecular weight excluding hydrogens is 340 g/mol. The van der Waals surface area contributed by atoms with Crippen molar-refractivity contribution in [1.82, 2.24) is 9.97 Å². The molecule has 130 valence electrons. The van der Waals surface area contributed by atoms with Crippen LogP contribution in [0.25, 0.3) is 11.1 Å². The lowest BCUT2D eigenvalue weighted by atomic mass is 10.00. The van der Waals surface area contributed by atoms with Gasteiger partial charge in [0.05, 0.1) is 18.8 Å². The molecule has 0 fully saturated rings. The van der Waals surface area contributed by atoms with Crippen LogP contribution in [0.3, 0.4) is 0 Å². The van der Waals surface area contributed by atoms with Gasteiger partial charge in [-0.1, -0.05) is 29.4 Å². The molecule has 5 nitrogen and oxygen atoms in total. The minimum atomic E-state index is -0.587. The van der Waals surface area contributed by atoms with Gasteiger partial charge in [0.1, 0.15) is 18.0 Å². The first kappa shape index (κ1) is 16.1. The van der Waals surface area contributed by atoms with E-state index in [1.165, 1.54) is 36.9 Å². The molecule has 2 heterocycles. The largest absolute Gasteiger partial charge is 0.436 e. The molecule has 0 spiro atoms. The molecule has 0 N–H and O–H groups in total. The maximum atomic E-state index is 14.6. The average Bonchev–Trinajstić information content (AvgIpc) is 3.10. The molecule has 1 aliphatic heterocycles. The van der Waals surface area contributed by atoms with Crippen LogP contribution in [0.2, 0.25) is 0 Å². The van der Waals surface area contributed by atoms with Gasteiger partial charge in [0.15, 0.2) is 11.9 Å². The Balaban J connectivity index is 1.49. The Morgan fingerprint density at radius 2 is 1.81 bits per heavy atom. The monoisotopic (exact) mass is 353 g/mol. The van der Waals surface area contributed by atoms with Gasteiger partial charge < -0.3 is 9.57 Å². The van der Waals surface area contributed by atoms with E-state index in [9.17, 15) is 8.78 Å². The topological polar surface area (TPSA) is 56.6 Å². The predicted molar refractivity (Wildman–Crippen MR) is 90.3 cm³/mol. The highest BCUT2D eigenvalue weighted by atomic mass is 19.1. The summed E-state index contributed by atoms with van der Waals surface area (Å²) in [6, 6.07) is 10.7. The van der Waals surface area contributed by atoms with Gasteiger partial charge >= 0.3 is 0 Å². The fourth-order valence-electron chi connectivity index (χ4n) is 2.69. The third kappa shape index (κ3) is 3.37. The standard InChI is InChI=1S/C19H13F2N3O2/c20-14-3-1-2-12(6-14)13-4-5-16(17(21)7-13)18-8-19(24-26-18)25-15-9-22-11-23-10-15/h1-7,9-11,18H,8H2/t18-/m0/s1. The number of halogens is 2. The number of oxime groups is 1. The summed E-state index contributed by atoms with van der Waals surface area (Å²) < 4.78 is 33.4. The van der Waals surface area contributed by atoms with Crippen molar-refractivity contribution in [3.63, 3.8) is 0 Å². The molecule has 0 saturated heterocycles. The minimum Gasteiger partial charge on any atom is -0.436 e. The molecule has 4 rings (SSSR count). The zero-order valence-corrected chi connectivity index (χ0v) is 13.5. The Kier molecular flexibility index (Phi) is 4.27. The summed E-state index contributed by atoms with van der Waals surface area (Å²) in [7, 11) is 0. The van der Waals surface area contributed by atoms with Crippen molar-refractivity contribution >= 4 is 5.90 Å². The van der Waals surface area contributed by atoms with Gasteiger partial charge in [-0.05, 0) is 29.3 Å². The third-order valence-electron chi connectivity index (χ3n) is 3.92. The second-order valence-electron chi connectivity index (χ2n) is 5.71. The zero-order valence-electron chi connectivity index (χ0n) is 13.5. The number of benzene rings is 2. The first-order chi connectivity index (χ1) is 12.7. The Morgan fingerprint density at radius 3 is 2.58 bits per heavy atom. The SMILES string of the molecule is Fc1cccc(-c2ccc([C@@H]3CC(Oc4cncnc4)=NO3)c(F)c2)c1. The summed E-state index contributed by atoms with van der Waals surface area (Å²) in [5, 5.41) is 3.84. The zero-order chi connectivity index (χ0) is 17.9. The van der Waals surface area contributed by atoms with Crippen LogP contribution in [0.5, 0.6) is 5.75 Å². The maximum absolute atomic E-state index is 14.6. The van der Waals surface area contributed by atoms with E-state index >= 15 is 0 Å². The molecule has 1 atom stereocenters. The minimum absolute atomic E-state index is 0.283. The highest BCUT2D eigenvalue weighted by molar-refractivity contribution is 5.79. The van der Waals surface area contributed by atoms with Crippen molar-refractivity contribution in [2.45, 2.75) is 12.5 Å². The second kappa shape index (κ2) is 6.87. The van der Waals surface area contributed by atoms with Gasteiger partial charge in [0.2, 0.25) is 5.90 Å². The van der Waals surface area contributed by atoms with Gasteiger partial charge in [0, 0.05) is 5.56 Å². The van der Waals surface area contributed by atoms with Crippen molar-refractivity contribution in [3.8, 4) is 16.9 Å². The van der Waals surface area contributed by atoms with Crippen LogP contribution in [0.15, 0.2) is 66.3 Å². The third-order valence-corrected chi connectivity index (χ3v) is 3.92. The highest BCUT2D eigenvalue weighted by Gasteiger charge is 2.27. The van der Waals surface area contributed by atoms with Gasteiger partial charge in [-0.2, -0.15) is 0 Å². The quantitative estimate of drug-likeness (QED) is 0.705. The van der Waals surface area contributed by atoms with E-state index in [0.717, 1.165) is 0 Å². The summed E-state index contributed by atoms with van der Waals surface area (Å²) in [5.41, 5.74) is 1.55. The van der Waals surface area contributed by atoms with E-state index in [1.54, 1.807) is 24.3 Å². The van der Waals surface area contributed by atoms with Crippen molar-refractivity contribution < 1.29 is 18.4 Å². The molecule has 1 aromatic heterocycles. The number of hydrogen-bond donors (Lipinski definition) is 0. The van der Waals surface area contributed by atoms with Crippen LogP contribution in [-0.4, -0.2) is 15.9 Å². The molecule has 0 bridgehead atoms. The van der Waals surface area contributed by atoms with E-state index in [-0.39, 0.29) is 12.2 Å². The molecule has 0 amide bonds. The van der Waals surface area contributed by atoms with Gasteiger partial charge in [-0.3, -0.25) is 0 Å². The second-order valence-corrected chi connectivity index (χ2v) is 5.71. The molecule has 0 unspecified atom stereocenters. The van der Waals surface area contributed by atoms with Crippen LogP contribution in [0.4, 0.5) is 8.78 Å². The maximum Gasteiger partial charge on any atom is 0.235 e. The fraction of sp³-hybridized carbons (Fsp3) is 0.105. The van der Waals surface area contributed by atoms with E-state index in [2.05, 4.69) is 15.1 Å². The van der Waals surface area contributed by atoms with Crippen molar-refractivity contribution in [1.29, 1.82) is 0 Å². The number of aromatic nitrogens is 2. The van der Waals surface area contributed by atoms with Crippen molar-refractivity contribution in [2.75, 3.05) is 0 Å². The molecule has 7 heteroatoms. The number of nitrogens with zero attached hydrogens (tertiary/aromatic N) is 3. The number of hydrogen-bond acceptors (Lipinski definition) is 5. The van der Waals surface area contributed by atoms with Crippen LogP contribution >= 0.6 is 0 Å². The highest BCUT2D eigenvalue weighted by Crippen LogP contribution is 2.32. The van der Waals surface area contributed by atoms with E-state index in [1.807, 2.05) is 0 Å². The molecule has 0 aliphatic carbocycles. The molecule has 3 aromatic rings.